The van der Waals surface area contributed by atoms with Gasteiger partial charge in [-0.15, -0.1) is 0 Å². The highest BCUT2D eigenvalue weighted by molar-refractivity contribution is 5.00. The van der Waals surface area contributed by atoms with E-state index in [-0.39, 0.29) is 11.1 Å². The third-order valence-electron chi connectivity index (χ3n) is 4.17. The van der Waals surface area contributed by atoms with Crippen molar-refractivity contribution >= 4 is 0 Å². The third-order valence-corrected chi connectivity index (χ3v) is 4.17. The number of nitrogens with one attached hydrogen (secondary N) is 2. The van der Waals surface area contributed by atoms with Crippen molar-refractivity contribution in [3.63, 3.8) is 0 Å². The van der Waals surface area contributed by atoms with Crippen LogP contribution >= 0.6 is 0 Å². The van der Waals surface area contributed by atoms with Gasteiger partial charge in [0.2, 0.25) is 0 Å². The summed E-state index contributed by atoms with van der Waals surface area (Å²) < 4.78 is 0. The van der Waals surface area contributed by atoms with Gasteiger partial charge in [-0.25, -0.2) is 0 Å². The van der Waals surface area contributed by atoms with E-state index in [4.69, 9.17) is 0 Å². The topological polar surface area (TPSA) is 24.1 Å². The molecule has 0 unspecified atom stereocenters. The van der Waals surface area contributed by atoms with E-state index in [1.165, 1.54) is 25.7 Å². The first-order valence-corrected chi connectivity index (χ1v) is 8.54. The predicted molar refractivity (Wildman–Crippen MR) is 90.1 cm³/mol. The molecule has 1 fully saturated rings. The zero-order chi connectivity index (χ0) is 15.6. The zero-order valence-corrected chi connectivity index (χ0v) is 15.1. The second-order valence-electron chi connectivity index (χ2n) is 9.12. The molecule has 0 radical (unpaired) electrons. The number of hydrogen-bond donors (Lipinski definition) is 2. The molecule has 0 spiro atoms. The van der Waals surface area contributed by atoms with E-state index in [1.54, 1.807) is 0 Å². The summed E-state index contributed by atoms with van der Waals surface area (Å²) in [5, 5.41) is 7.77. The van der Waals surface area contributed by atoms with Crippen molar-refractivity contribution < 1.29 is 0 Å². The summed E-state index contributed by atoms with van der Waals surface area (Å²) in [4.78, 5) is 0. The van der Waals surface area contributed by atoms with Crippen molar-refractivity contribution in [3.05, 3.63) is 0 Å². The molecule has 1 heterocycles. The number of piperidine rings is 1. The van der Waals surface area contributed by atoms with Crippen molar-refractivity contribution in [2.45, 2.75) is 104 Å². The van der Waals surface area contributed by atoms with Gasteiger partial charge in [-0.05, 0) is 65.2 Å². The van der Waals surface area contributed by atoms with Crippen LogP contribution in [0.2, 0.25) is 0 Å². The monoisotopic (exact) mass is 282 g/mol. The molecule has 0 bridgehead atoms. The lowest BCUT2D eigenvalue weighted by Gasteiger charge is -2.47. The summed E-state index contributed by atoms with van der Waals surface area (Å²) in [7, 11) is 0. The second kappa shape index (κ2) is 6.79. The molecule has 0 amide bonds. The van der Waals surface area contributed by atoms with Gasteiger partial charge in [0, 0.05) is 23.2 Å². The van der Waals surface area contributed by atoms with E-state index in [0.717, 1.165) is 11.8 Å². The van der Waals surface area contributed by atoms with E-state index in [2.05, 4.69) is 66.0 Å². The first-order chi connectivity index (χ1) is 8.99. The van der Waals surface area contributed by atoms with Gasteiger partial charge in [0.15, 0.2) is 0 Å². The standard InChI is InChI=1S/C18H38N2/c1-13(2)9-15(10-14(3)4)19-16-11-17(5,6)20-18(7,8)12-16/h13-16,19-20H,9-12H2,1-8H3. The second-order valence-corrected chi connectivity index (χ2v) is 9.12. The van der Waals surface area contributed by atoms with E-state index in [0.29, 0.717) is 12.1 Å². The van der Waals surface area contributed by atoms with Crippen molar-refractivity contribution in [3.8, 4) is 0 Å². The Hall–Kier alpha value is -0.0800. The van der Waals surface area contributed by atoms with Crippen LogP contribution in [0.5, 0.6) is 0 Å². The van der Waals surface area contributed by atoms with E-state index in [1.807, 2.05) is 0 Å². The SMILES string of the molecule is CC(C)CC(CC(C)C)NC1CC(C)(C)NC(C)(C)C1. The van der Waals surface area contributed by atoms with Gasteiger partial charge in [0.05, 0.1) is 0 Å². The molecule has 2 N–H and O–H groups in total. The molecule has 0 atom stereocenters. The number of hydrogen-bond acceptors (Lipinski definition) is 2. The highest BCUT2D eigenvalue weighted by atomic mass is 15.1. The average molecular weight is 283 g/mol. The van der Waals surface area contributed by atoms with Gasteiger partial charge in [-0.1, -0.05) is 27.7 Å². The molecule has 1 aliphatic rings. The lowest BCUT2D eigenvalue weighted by atomic mass is 9.79. The normalized spacial score (nSPS) is 22.9. The van der Waals surface area contributed by atoms with E-state index >= 15 is 0 Å². The van der Waals surface area contributed by atoms with Crippen LogP contribution in [0.4, 0.5) is 0 Å². The lowest BCUT2D eigenvalue weighted by Crippen LogP contribution is -2.62. The highest BCUT2D eigenvalue weighted by Gasteiger charge is 2.38. The largest absolute Gasteiger partial charge is 0.311 e. The maximum atomic E-state index is 3.99. The Morgan fingerprint density at radius 3 is 1.65 bits per heavy atom. The smallest absolute Gasteiger partial charge is 0.0144 e. The molecular weight excluding hydrogens is 244 g/mol. The van der Waals surface area contributed by atoms with Gasteiger partial charge in [0.25, 0.3) is 0 Å². The first-order valence-electron chi connectivity index (χ1n) is 8.54. The summed E-state index contributed by atoms with van der Waals surface area (Å²) in [6.07, 6.45) is 5.04. The number of rotatable bonds is 6. The van der Waals surface area contributed by atoms with Crippen molar-refractivity contribution in [1.29, 1.82) is 0 Å². The van der Waals surface area contributed by atoms with Gasteiger partial charge < -0.3 is 10.6 Å². The molecule has 20 heavy (non-hydrogen) atoms. The summed E-state index contributed by atoms with van der Waals surface area (Å²) >= 11 is 0. The Balaban J connectivity index is 2.66. The molecular formula is C18H38N2. The van der Waals surface area contributed by atoms with Gasteiger partial charge >= 0.3 is 0 Å². The molecule has 1 saturated heterocycles. The lowest BCUT2D eigenvalue weighted by molar-refractivity contribution is 0.134. The van der Waals surface area contributed by atoms with Gasteiger partial charge in [0.1, 0.15) is 0 Å². The fourth-order valence-electron chi connectivity index (χ4n) is 4.14. The van der Waals surface area contributed by atoms with Crippen LogP contribution in [-0.4, -0.2) is 23.2 Å². The summed E-state index contributed by atoms with van der Waals surface area (Å²) in [5.74, 6) is 1.54. The Morgan fingerprint density at radius 2 is 1.30 bits per heavy atom. The minimum absolute atomic E-state index is 0.236. The Kier molecular flexibility index (Phi) is 6.10. The molecule has 2 nitrogen and oxygen atoms in total. The fraction of sp³-hybridized carbons (Fsp3) is 1.00. The van der Waals surface area contributed by atoms with Crippen molar-refractivity contribution in [2.24, 2.45) is 11.8 Å². The molecule has 1 rings (SSSR count). The molecule has 1 aliphatic heterocycles. The van der Waals surface area contributed by atoms with Crippen LogP contribution < -0.4 is 10.6 Å². The van der Waals surface area contributed by atoms with E-state index in [9.17, 15) is 0 Å². The van der Waals surface area contributed by atoms with Crippen molar-refractivity contribution in [2.75, 3.05) is 0 Å². The summed E-state index contributed by atoms with van der Waals surface area (Å²) in [6.45, 7) is 18.7. The first kappa shape index (κ1) is 18.0. The maximum Gasteiger partial charge on any atom is 0.0144 e. The van der Waals surface area contributed by atoms with E-state index < -0.39 is 0 Å². The molecule has 0 aliphatic carbocycles. The van der Waals surface area contributed by atoms with Crippen LogP contribution in [0, 0.1) is 11.8 Å². The molecule has 0 aromatic heterocycles. The van der Waals surface area contributed by atoms with Crippen LogP contribution in [0.1, 0.15) is 81.1 Å². The molecule has 0 aromatic rings. The quantitative estimate of drug-likeness (QED) is 0.757. The van der Waals surface area contributed by atoms with Crippen LogP contribution in [-0.2, 0) is 0 Å². The maximum absolute atomic E-state index is 3.99. The third kappa shape index (κ3) is 6.58. The van der Waals surface area contributed by atoms with Gasteiger partial charge in [-0.3, -0.25) is 0 Å². The zero-order valence-electron chi connectivity index (χ0n) is 15.1. The van der Waals surface area contributed by atoms with Crippen molar-refractivity contribution in [1.82, 2.24) is 10.6 Å². The fourth-order valence-corrected chi connectivity index (χ4v) is 4.14. The predicted octanol–water partition coefficient (Wildman–Crippen LogP) is 4.35. The Morgan fingerprint density at radius 1 is 0.900 bits per heavy atom. The van der Waals surface area contributed by atoms with Crippen LogP contribution in [0.15, 0.2) is 0 Å². The highest BCUT2D eigenvalue weighted by Crippen LogP contribution is 2.29. The summed E-state index contributed by atoms with van der Waals surface area (Å²) in [5.41, 5.74) is 0.471. The van der Waals surface area contributed by atoms with Crippen LogP contribution in [0.25, 0.3) is 0 Å². The average Bonchev–Trinajstić information content (AvgIpc) is 2.08. The molecule has 0 saturated carbocycles. The Bertz CT molecular complexity index is 266. The molecule has 0 aromatic carbocycles. The minimum Gasteiger partial charge on any atom is -0.311 e. The molecule has 120 valence electrons. The summed E-state index contributed by atoms with van der Waals surface area (Å²) in [6, 6.07) is 1.31. The molecule has 2 heteroatoms. The van der Waals surface area contributed by atoms with Crippen LogP contribution in [0.3, 0.4) is 0 Å². The Labute approximate surface area is 127 Å². The minimum atomic E-state index is 0.236. The van der Waals surface area contributed by atoms with Gasteiger partial charge in [-0.2, -0.15) is 0 Å².